The van der Waals surface area contributed by atoms with Crippen LogP contribution in [0.25, 0.3) is 6.08 Å². The Morgan fingerprint density at radius 2 is 1.74 bits per heavy atom. The van der Waals surface area contributed by atoms with E-state index in [0.717, 1.165) is 14.9 Å². The normalized spacial score (nSPS) is 14.4. The number of nitrogens with zero attached hydrogens (tertiary/aromatic N) is 2. The van der Waals surface area contributed by atoms with E-state index in [1.165, 1.54) is 18.2 Å². The molecule has 39 heavy (non-hydrogen) atoms. The number of nitro benzene ring substituents is 1. The van der Waals surface area contributed by atoms with Crippen molar-refractivity contribution in [2.45, 2.75) is 20.5 Å². The van der Waals surface area contributed by atoms with E-state index in [0.29, 0.717) is 39.4 Å². The number of carbonyl (C=O) groups excluding carboxylic acids is 3. The number of nitrogens with one attached hydrogen (secondary N) is 1. The number of nitro groups is 1. The number of barbiturate groups is 1. The SMILES string of the molecule is CCOc1cc(/C=C2\C(=O)NC(=O)N(c3ccc(Br)c(C)c3)C2=O)c(Br)cc1OCc1cccc([N+](=O)[O-])c1. The van der Waals surface area contributed by atoms with Crippen LogP contribution in [-0.2, 0) is 16.2 Å². The molecule has 10 nitrogen and oxygen atoms in total. The highest BCUT2D eigenvalue weighted by Crippen LogP contribution is 2.36. The molecule has 3 aromatic carbocycles. The molecule has 1 saturated heterocycles. The topological polar surface area (TPSA) is 128 Å². The summed E-state index contributed by atoms with van der Waals surface area (Å²) >= 11 is 6.84. The van der Waals surface area contributed by atoms with Crippen molar-refractivity contribution in [3.05, 3.63) is 95.9 Å². The van der Waals surface area contributed by atoms with Crippen LogP contribution in [0.15, 0.2) is 69.1 Å². The van der Waals surface area contributed by atoms with Crippen LogP contribution in [0.2, 0.25) is 0 Å². The third kappa shape index (κ3) is 6.18. The lowest BCUT2D eigenvalue weighted by molar-refractivity contribution is -0.384. The van der Waals surface area contributed by atoms with Gasteiger partial charge in [0.2, 0.25) is 0 Å². The summed E-state index contributed by atoms with van der Waals surface area (Å²) < 4.78 is 12.9. The Labute approximate surface area is 240 Å². The van der Waals surface area contributed by atoms with Crippen molar-refractivity contribution in [3.63, 3.8) is 0 Å². The molecule has 1 aliphatic heterocycles. The quantitative estimate of drug-likeness (QED) is 0.135. The maximum atomic E-state index is 13.3. The second kappa shape index (κ2) is 11.8. The minimum atomic E-state index is -0.845. The standard InChI is InChI=1S/C27H21Br2N3O7/c1-3-38-23-12-17(22(29)13-24(23)39-14-16-5-4-6-19(10-16)32(36)37)11-20-25(33)30-27(35)31(26(20)34)18-7-8-21(28)15(2)9-18/h4-13H,3,14H2,1-2H3,(H,30,33,35)/b20-11+. The molecular weight excluding hydrogens is 638 g/mol. The van der Waals surface area contributed by atoms with Gasteiger partial charge in [-0.2, -0.15) is 0 Å². The van der Waals surface area contributed by atoms with Gasteiger partial charge in [-0.15, -0.1) is 0 Å². The lowest BCUT2D eigenvalue weighted by atomic mass is 10.1. The minimum absolute atomic E-state index is 0.0409. The fourth-order valence-electron chi connectivity index (χ4n) is 3.78. The highest BCUT2D eigenvalue weighted by Gasteiger charge is 2.37. The summed E-state index contributed by atoms with van der Waals surface area (Å²) in [6.45, 7) is 3.94. The number of hydrogen-bond donors (Lipinski definition) is 1. The average Bonchev–Trinajstić information content (AvgIpc) is 2.89. The summed E-state index contributed by atoms with van der Waals surface area (Å²) in [5, 5.41) is 13.3. The third-order valence-electron chi connectivity index (χ3n) is 5.68. The Balaban J connectivity index is 1.65. The molecule has 1 N–H and O–H groups in total. The largest absolute Gasteiger partial charge is 0.490 e. The fraction of sp³-hybridized carbons (Fsp3) is 0.148. The number of urea groups is 1. The minimum Gasteiger partial charge on any atom is -0.490 e. The highest BCUT2D eigenvalue weighted by atomic mass is 79.9. The van der Waals surface area contributed by atoms with E-state index in [9.17, 15) is 24.5 Å². The highest BCUT2D eigenvalue weighted by molar-refractivity contribution is 9.10. The molecule has 12 heteroatoms. The molecule has 0 unspecified atom stereocenters. The van der Waals surface area contributed by atoms with E-state index < -0.39 is 22.8 Å². The molecule has 0 aromatic heterocycles. The number of rotatable bonds is 8. The van der Waals surface area contributed by atoms with Crippen molar-refractivity contribution in [2.24, 2.45) is 0 Å². The Hall–Kier alpha value is -4.03. The molecule has 0 atom stereocenters. The first kappa shape index (κ1) is 28.0. The number of ether oxygens (including phenoxy) is 2. The number of carbonyl (C=O) groups is 3. The van der Waals surface area contributed by atoms with Crippen LogP contribution in [-0.4, -0.2) is 29.4 Å². The van der Waals surface area contributed by atoms with Gasteiger partial charge in [0, 0.05) is 21.1 Å². The number of aryl methyl sites for hydroxylation is 1. The van der Waals surface area contributed by atoms with E-state index >= 15 is 0 Å². The van der Waals surface area contributed by atoms with Crippen LogP contribution >= 0.6 is 31.9 Å². The van der Waals surface area contributed by atoms with Crippen LogP contribution < -0.4 is 19.7 Å². The monoisotopic (exact) mass is 657 g/mol. The van der Waals surface area contributed by atoms with Crippen molar-refractivity contribution in [2.75, 3.05) is 11.5 Å². The summed E-state index contributed by atoms with van der Waals surface area (Å²) in [6.07, 6.45) is 1.36. The molecule has 0 saturated carbocycles. The van der Waals surface area contributed by atoms with Gasteiger partial charge in [-0.25, -0.2) is 9.69 Å². The van der Waals surface area contributed by atoms with E-state index in [4.69, 9.17) is 9.47 Å². The number of non-ortho nitro benzene ring substituents is 1. The summed E-state index contributed by atoms with van der Waals surface area (Å²) in [6, 6.07) is 13.4. The molecule has 0 aliphatic carbocycles. The fourth-order valence-corrected chi connectivity index (χ4v) is 4.46. The molecular formula is C27H21Br2N3O7. The zero-order valence-electron chi connectivity index (χ0n) is 20.7. The zero-order valence-corrected chi connectivity index (χ0v) is 23.9. The molecule has 1 aliphatic rings. The lowest BCUT2D eigenvalue weighted by Crippen LogP contribution is -2.54. The number of hydrogen-bond acceptors (Lipinski definition) is 7. The van der Waals surface area contributed by atoms with Gasteiger partial charge in [-0.3, -0.25) is 25.0 Å². The Morgan fingerprint density at radius 3 is 2.44 bits per heavy atom. The molecule has 3 aromatic rings. The van der Waals surface area contributed by atoms with E-state index in [2.05, 4.69) is 37.2 Å². The van der Waals surface area contributed by atoms with Crippen LogP contribution in [0.3, 0.4) is 0 Å². The molecule has 1 fully saturated rings. The molecule has 1 heterocycles. The Morgan fingerprint density at radius 1 is 1.00 bits per heavy atom. The van der Waals surface area contributed by atoms with Crippen molar-refractivity contribution < 1.29 is 28.8 Å². The molecule has 4 rings (SSSR count). The molecule has 200 valence electrons. The van der Waals surface area contributed by atoms with Gasteiger partial charge >= 0.3 is 6.03 Å². The second-order valence-electron chi connectivity index (χ2n) is 8.36. The van der Waals surface area contributed by atoms with Crippen molar-refractivity contribution in [1.29, 1.82) is 0 Å². The predicted octanol–water partition coefficient (Wildman–Crippen LogP) is 6.07. The average molecular weight is 659 g/mol. The Bertz CT molecular complexity index is 1540. The summed E-state index contributed by atoms with van der Waals surface area (Å²) in [7, 11) is 0. The molecule has 0 bridgehead atoms. The van der Waals surface area contributed by atoms with E-state index in [-0.39, 0.29) is 17.9 Å². The number of benzene rings is 3. The van der Waals surface area contributed by atoms with Crippen molar-refractivity contribution in [1.82, 2.24) is 5.32 Å². The van der Waals surface area contributed by atoms with Crippen LogP contribution in [0.4, 0.5) is 16.2 Å². The van der Waals surface area contributed by atoms with Gasteiger partial charge in [-0.1, -0.05) is 44.0 Å². The van der Waals surface area contributed by atoms with Gasteiger partial charge in [0.1, 0.15) is 12.2 Å². The van der Waals surface area contributed by atoms with Crippen LogP contribution in [0.1, 0.15) is 23.6 Å². The van der Waals surface area contributed by atoms with Crippen LogP contribution in [0, 0.1) is 17.0 Å². The van der Waals surface area contributed by atoms with Gasteiger partial charge < -0.3 is 9.47 Å². The number of amides is 4. The first-order chi connectivity index (χ1) is 18.6. The van der Waals surface area contributed by atoms with Crippen LogP contribution in [0.5, 0.6) is 11.5 Å². The maximum absolute atomic E-state index is 13.3. The van der Waals surface area contributed by atoms with Gasteiger partial charge in [0.15, 0.2) is 11.5 Å². The van der Waals surface area contributed by atoms with E-state index in [1.54, 1.807) is 49.4 Å². The number of anilines is 1. The van der Waals surface area contributed by atoms with Gasteiger partial charge in [-0.05, 0) is 66.9 Å². The van der Waals surface area contributed by atoms with Gasteiger partial charge in [0.05, 0.1) is 17.2 Å². The third-order valence-corrected chi connectivity index (χ3v) is 7.26. The molecule has 0 radical (unpaired) electrons. The smallest absolute Gasteiger partial charge is 0.335 e. The van der Waals surface area contributed by atoms with Crippen molar-refractivity contribution >= 4 is 67.2 Å². The first-order valence-electron chi connectivity index (χ1n) is 11.6. The molecule has 4 amide bonds. The lowest BCUT2D eigenvalue weighted by Gasteiger charge is -2.27. The van der Waals surface area contributed by atoms with Gasteiger partial charge in [0.25, 0.3) is 17.5 Å². The summed E-state index contributed by atoms with van der Waals surface area (Å²) in [5.74, 6) is -0.927. The Kier molecular flexibility index (Phi) is 8.46. The number of imide groups is 2. The second-order valence-corrected chi connectivity index (χ2v) is 10.1. The predicted molar refractivity (Wildman–Crippen MR) is 151 cm³/mol. The first-order valence-corrected chi connectivity index (χ1v) is 13.2. The van der Waals surface area contributed by atoms with Crippen molar-refractivity contribution in [3.8, 4) is 11.5 Å². The maximum Gasteiger partial charge on any atom is 0.335 e. The molecule has 0 spiro atoms. The number of halogens is 2. The summed E-state index contributed by atoms with van der Waals surface area (Å²) in [5.41, 5.74) is 1.84. The zero-order chi connectivity index (χ0) is 28.3. The van der Waals surface area contributed by atoms with E-state index in [1.807, 2.05) is 6.92 Å². The summed E-state index contributed by atoms with van der Waals surface area (Å²) in [4.78, 5) is 50.0.